The van der Waals surface area contributed by atoms with Gasteiger partial charge in [-0.05, 0) is 44.7 Å². The summed E-state index contributed by atoms with van der Waals surface area (Å²) in [5.74, 6) is 0. The number of amides is 2. The molecule has 0 spiro atoms. The van der Waals surface area contributed by atoms with Crippen molar-refractivity contribution in [2.75, 3.05) is 20.1 Å². The molecule has 0 saturated carbocycles. The van der Waals surface area contributed by atoms with E-state index in [2.05, 4.69) is 28.5 Å². The monoisotopic (exact) mass is 332 g/mol. The molecule has 0 aliphatic rings. The molecule has 0 fully saturated rings. The average molecular weight is 332 g/mol. The minimum Gasteiger partial charge on any atom is -0.338 e. The lowest BCUT2D eigenvalue weighted by molar-refractivity contribution is 0.207. The zero-order valence-electron chi connectivity index (χ0n) is 15.1. The van der Waals surface area contributed by atoms with Gasteiger partial charge in [0.05, 0.1) is 11.9 Å². The van der Waals surface area contributed by atoms with E-state index in [0.29, 0.717) is 13.1 Å². The number of urea groups is 1. The summed E-state index contributed by atoms with van der Waals surface area (Å²) in [6, 6.07) is 2.05. The Hall–Kier alpha value is -2.31. The smallest absolute Gasteiger partial charge is 0.317 e. The molecular weight excluding hydrogens is 304 g/mol. The number of rotatable bonds is 8. The molecule has 24 heavy (non-hydrogen) atoms. The number of nitrogens with zero attached hydrogens (tertiary/aromatic N) is 5. The first-order valence-electron chi connectivity index (χ1n) is 8.43. The number of aromatic nitrogens is 4. The average Bonchev–Trinajstić information content (AvgIpc) is 3.08. The summed E-state index contributed by atoms with van der Waals surface area (Å²) in [4.78, 5) is 13.8. The number of hydrogen-bond acceptors (Lipinski definition) is 3. The molecule has 0 saturated heterocycles. The largest absolute Gasteiger partial charge is 0.338 e. The van der Waals surface area contributed by atoms with Crippen molar-refractivity contribution in [2.45, 2.75) is 39.7 Å². The van der Waals surface area contributed by atoms with Gasteiger partial charge >= 0.3 is 6.03 Å². The summed E-state index contributed by atoms with van der Waals surface area (Å²) in [5, 5.41) is 11.5. The van der Waals surface area contributed by atoms with E-state index >= 15 is 0 Å². The zero-order chi connectivity index (χ0) is 17.5. The number of carbonyl (C=O) groups excluding carboxylic acids is 1. The van der Waals surface area contributed by atoms with Crippen LogP contribution in [0.25, 0.3) is 0 Å². The van der Waals surface area contributed by atoms with Crippen molar-refractivity contribution in [3.05, 3.63) is 35.4 Å². The molecule has 2 aromatic heterocycles. The van der Waals surface area contributed by atoms with Crippen molar-refractivity contribution in [3.63, 3.8) is 0 Å². The number of nitrogens with one attached hydrogen (secondary N) is 1. The lowest BCUT2D eigenvalue weighted by Crippen LogP contribution is -2.38. The summed E-state index contributed by atoms with van der Waals surface area (Å²) in [5.41, 5.74) is 3.40. The van der Waals surface area contributed by atoms with Crippen molar-refractivity contribution in [1.29, 1.82) is 0 Å². The van der Waals surface area contributed by atoms with Gasteiger partial charge < -0.3 is 10.2 Å². The Labute approximate surface area is 143 Å². The molecule has 0 aromatic carbocycles. The molecule has 0 bridgehead atoms. The Balaban J connectivity index is 1.60. The molecule has 0 radical (unpaired) electrons. The van der Waals surface area contributed by atoms with Crippen LogP contribution in [0.15, 0.2) is 18.5 Å². The first-order chi connectivity index (χ1) is 11.5. The maximum atomic E-state index is 12.0. The maximum absolute atomic E-state index is 12.0. The summed E-state index contributed by atoms with van der Waals surface area (Å²) in [7, 11) is 3.74. The van der Waals surface area contributed by atoms with E-state index in [1.54, 1.807) is 9.58 Å². The molecule has 0 aliphatic carbocycles. The van der Waals surface area contributed by atoms with Gasteiger partial charge in [0.1, 0.15) is 0 Å². The third-order valence-corrected chi connectivity index (χ3v) is 3.99. The highest BCUT2D eigenvalue weighted by molar-refractivity contribution is 5.73. The molecule has 0 atom stereocenters. The van der Waals surface area contributed by atoms with Crippen molar-refractivity contribution in [2.24, 2.45) is 7.05 Å². The highest BCUT2D eigenvalue weighted by atomic mass is 16.2. The predicted octanol–water partition coefficient (Wildman–Crippen LogP) is 1.90. The third-order valence-electron chi connectivity index (χ3n) is 3.99. The number of hydrogen-bond donors (Lipinski definition) is 1. The van der Waals surface area contributed by atoms with Crippen LogP contribution in [0.2, 0.25) is 0 Å². The summed E-state index contributed by atoms with van der Waals surface area (Å²) < 4.78 is 3.79. The van der Waals surface area contributed by atoms with E-state index in [1.807, 2.05) is 38.1 Å². The van der Waals surface area contributed by atoms with Gasteiger partial charge in [-0.2, -0.15) is 10.2 Å². The van der Waals surface area contributed by atoms with E-state index in [-0.39, 0.29) is 6.03 Å². The molecule has 2 heterocycles. The zero-order valence-corrected chi connectivity index (χ0v) is 15.1. The van der Waals surface area contributed by atoms with E-state index in [0.717, 1.165) is 37.2 Å². The van der Waals surface area contributed by atoms with Crippen LogP contribution in [0.3, 0.4) is 0 Å². The van der Waals surface area contributed by atoms with Gasteiger partial charge in [0, 0.05) is 45.6 Å². The number of carbonyl (C=O) groups is 1. The first-order valence-corrected chi connectivity index (χ1v) is 8.43. The van der Waals surface area contributed by atoms with E-state index in [9.17, 15) is 4.79 Å². The van der Waals surface area contributed by atoms with Crippen molar-refractivity contribution in [1.82, 2.24) is 29.8 Å². The third kappa shape index (κ3) is 5.40. The van der Waals surface area contributed by atoms with E-state index in [4.69, 9.17) is 0 Å². The molecule has 1 N–H and O–H groups in total. The fourth-order valence-corrected chi connectivity index (χ4v) is 2.68. The van der Waals surface area contributed by atoms with Gasteiger partial charge in [0.15, 0.2) is 0 Å². The second-order valence-electron chi connectivity index (χ2n) is 6.28. The van der Waals surface area contributed by atoms with Crippen LogP contribution in [0, 0.1) is 13.8 Å². The lowest BCUT2D eigenvalue weighted by atomic mass is 10.2. The van der Waals surface area contributed by atoms with Crippen LogP contribution in [-0.2, 0) is 20.0 Å². The molecular formula is C17H28N6O. The maximum Gasteiger partial charge on any atom is 0.317 e. The van der Waals surface area contributed by atoms with Crippen LogP contribution < -0.4 is 5.32 Å². The first kappa shape index (κ1) is 18.0. The Kier molecular flexibility index (Phi) is 6.40. The predicted molar refractivity (Wildman–Crippen MR) is 93.9 cm³/mol. The minimum absolute atomic E-state index is 0.0189. The van der Waals surface area contributed by atoms with Crippen LogP contribution in [-0.4, -0.2) is 50.6 Å². The highest BCUT2D eigenvalue weighted by Crippen LogP contribution is 2.03. The summed E-state index contributed by atoms with van der Waals surface area (Å²) in [6.07, 6.45) is 6.61. The van der Waals surface area contributed by atoms with Gasteiger partial charge in [-0.1, -0.05) is 0 Å². The fourth-order valence-electron chi connectivity index (χ4n) is 2.68. The topological polar surface area (TPSA) is 68.0 Å². The Morgan fingerprint density at radius 1 is 1.33 bits per heavy atom. The Morgan fingerprint density at radius 2 is 2.12 bits per heavy atom. The molecule has 2 aromatic rings. The van der Waals surface area contributed by atoms with Gasteiger partial charge in [0.2, 0.25) is 0 Å². The molecule has 7 nitrogen and oxygen atoms in total. The standard InChI is InChI=1S/C17H28N6O/c1-14-11-15(2)23(20-14)10-6-9-21(3)17(24)18-8-5-7-16-12-19-22(4)13-16/h11-13H,5-10H2,1-4H3,(H,18,24). The Morgan fingerprint density at radius 3 is 2.75 bits per heavy atom. The fraction of sp³-hybridized carbons (Fsp3) is 0.588. The van der Waals surface area contributed by atoms with E-state index < -0.39 is 0 Å². The SMILES string of the molecule is Cc1cc(C)n(CCCN(C)C(=O)NCCCc2cnn(C)c2)n1. The lowest BCUT2D eigenvalue weighted by Gasteiger charge is -2.18. The summed E-state index contributed by atoms with van der Waals surface area (Å²) >= 11 is 0. The summed E-state index contributed by atoms with van der Waals surface area (Å²) in [6.45, 7) is 6.27. The van der Waals surface area contributed by atoms with Gasteiger partial charge in [-0.15, -0.1) is 0 Å². The van der Waals surface area contributed by atoms with Crippen molar-refractivity contribution < 1.29 is 4.79 Å². The van der Waals surface area contributed by atoms with Crippen LogP contribution >= 0.6 is 0 Å². The van der Waals surface area contributed by atoms with Gasteiger partial charge in [-0.25, -0.2) is 4.79 Å². The second kappa shape index (κ2) is 8.52. The molecule has 132 valence electrons. The molecule has 0 unspecified atom stereocenters. The molecule has 2 rings (SSSR count). The second-order valence-corrected chi connectivity index (χ2v) is 6.28. The molecule has 0 aliphatic heterocycles. The number of aryl methyl sites for hydroxylation is 5. The molecule has 7 heteroatoms. The van der Waals surface area contributed by atoms with E-state index in [1.165, 1.54) is 5.56 Å². The van der Waals surface area contributed by atoms with Crippen molar-refractivity contribution >= 4 is 6.03 Å². The highest BCUT2D eigenvalue weighted by Gasteiger charge is 2.08. The van der Waals surface area contributed by atoms with Gasteiger partial charge in [0.25, 0.3) is 0 Å². The molecule has 2 amide bonds. The minimum atomic E-state index is -0.0189. The van der Waals surface area contributed by atoms with Crippen molar-refractivity contribution in [3.8, 4) is 0 Å². The van der Waals surface area contributed by atoms with Crippen LogP contribution in [0.5, 0.6) is 0 Å². The Bertz CT molecular complexity index is 660. The normalized spacial score (nSPS) is 10.8. The quantitative estimate of drug-likeness (QED) is 0.751. The van der Waals surface area contributed by atoms with Crippen LogP contribution in [0.4, 0.5) is 4.79 Å². The van der Waals surface area contributed by atoms with Gasteiger partial charge in [-0.3, -0.25) is 9.36 Å². The van der Waals surface area contributed by atoms with Crippen LogP contribution in [0.1, 0.15) is 29.8 Å².